The number of nitrogen functional groups attached to an aromatic ring is 1. The quantitative estimate of drug-likeness (QED) is 0.0773. The van der Waals surface area contributed by atoms with Crippen molar-refractivity contribution >= 4 is 65.3 Å². The van der Waals surface area contributed by atoms with Gasteiger partial charge >= 0.3 is 0 Å². The van der Waals surface area contributed by atoms with Crippen molar-refractivity contribution in [3.8, 4) is 11.5 Å². The maximum absolute atomic E-state index is 13.6. The monoisotopic (exact) mass is 716 g/mol. The molecule has 1 heterocycles. The summed E-state index contributed by atoms with van der Waals surface area (Å²) in [6, 6.07) is 14.1. The molecule has 13 nitrogen and oxygen atoms in total. The minimum absolute atomic E-state index is 0. The molecule has 0 radical (unpaired) electrons. The number of likely N-dealkylation sites (N-methyl/N-ethyl adjacent to an activating group) is 1. The van der Waals surface area contributed by atoms with Crippen LogP contribution in [0.25, 0.3) is 0 Å². The first-order chi connectivity index (χ1) is 22.5. The van der Waals surface area contributed by atoms with Crippen LogP contribution in [0.4, 0.5) is 22.7 Å². The lowest BCUT2D eigenvalue weighted by Gasteiger charge is -2.34. The molecular weight excluding hydrogens is 675 g/mol. The van der Waals surface area contributed by atoms with Gasteiger partial charge in [0, 0.05) is 44.9 Å². The molecule has 2 amide bonds. The number of amides is 2. The number of carbonyl (C=O) groups excluding carboxylic acids is 3. The van der Waals surface area contributed by atoms with Crippen molar-refractivity contribution in [2.75, 3.05) is 69.9 Å². The van der Waals surface area contributed by atoms with Crippen LogP contribution in [0, 0.1) is 17.0 Å². The van der Waals surface area contributed by atoms with Crippen LogP contribution in [0.1, 0.15) is 45.5 Å². The van der Waals surface area contributed by atoms with Crippen LogP contribution >= 0.6 is 24.8 Å². The van der Waals surface area contributed by atoms with Crippen molar-refractivity contribution in [2.45, 2.75) is 26.2 Å². The predicted molar refractivity (Wildman–Crippen MR) is 194 cm³/mol. The number of hydrogen-bond donors (Lipinski definition) is 2. The molecular formula is C34H42Cl2N6O7. The molecule has 0 saturated carbocycles. The van der Waals surface area contributed by atoms with Gasteiger partial charge in [-0.2, -0.15) is 0 Å². The third kappa shape index (κ3) is 10.1. The Morgan fingerprint density at radius 1 is 1.04 bits per heavy atom. The first-order valence-corrected chi connectivity index (χ1v) is 15.2. The number of nitro benzene ring substituents is 1. The number of halogens is 2. The molecule has 264 valence electrons. The number of unbranched alkanes of at least 4 members (excludes halogenated alkanes) is 1. The van der Waals surface area contributed by atoms with E-state index in [1.807, 2.05) is 25.1 Å². The van der Waals surface area contributed by atoms with Gasteiger partial charge in [-0.05, 0) is 75.2 Å². The predicted octanol–water partition coefficient (Wildman–Crippen LogP) is 5.38. The van der Waals surface area contributed by atoms with E-state index in [4.69, 9.17) is 15.2 Å². The highest BCUT2D eigenvalue weighted by Gasteiger charge is 2.23. The second kappa shape index (κ2) is 18.7. The number of nitrogens with two attached hydrogens (primary N) is 1. The van der Waals surface area contributed by atoms with Gasteiger partial charge in [-0.15, -0.1) is 24.8 Å². The molecule has 0 aliphatic carbocycles. The van der Waals surface area contributed by atoms with Gasteiger partial charge in [0.25, 0.3) is 17.5 Å². The molecule has 3 N–H and O–H groups in total. The molecule has 1 saturated heterocycles. The minimum Gasteiger partial charge on any atom is -0.495 e. The van der Waals surface area contributed by atoms with Gasteiger partial charge < -0.3 is 35.2 Å². The lowest BCUT2D eigenvalue weighted by molar-refractivity contribution is -0.383. The summed E-state index contributed by atoms with van der Waals surface area (Å²) in [5.74, 6) is 1.88. The van der Waals surface area contributed by atoms with Crippen molar-refractivity contribution in [1.82, 2.24) is 9.80 Å². The molecule has 1 aliphatic heterocycles. The Morgan fingerprint density at radius 2 is 1.76 bits per heavy atom. The Kier molecular flexibility index (Phi) is 15.4. The van der Waals surface area contributed by atoms with E-state index < -0.39 is 10.8 Å². The molecule has 1 fully saturated rings. The van der Waals surface area contributed by atoms with E-state index in [2.05, 4.69) is 28.1 Å². The number of allylic oxidation sites excluding steroid dienone is 1. The lowest BCUT2D eigenvalue weighted by Crippen LogP contribution is -2.44. The van der Waals surface area contributed by atoms with Crippen LogP contribution < -0.4 is 25.4 Å². The molecule has 0 spiro atoms. The normalized spacial score (nSPS) is 12.4. The molecule has 49 heavy (non-hydrogen) atoms. The molecule has 0 atom stereocenters. The van der Waals surface area contributed by atoms with Gasteiger partial charge in [-0.25, -0.2) is 4.79 Å². The zero-order valence-electron chi connectivity index (χ0n) is 27.9. The van der Waals surface area contributed by atoms with Crippen LogP contribution in [0.2, 0.25) is 0 Å². The number of benzene rings is 3. The number of hydrogen-bond acceptors (Lipinski definition) is 10. The zero-order valence-corrected chi connectivity index (χ0v) is 29.5. The van der Waals surface area contributed by atoms with E-state index in [1.165, 1.54) is 42.3 Å². The molecule has 0 bridgehead atoms. The molecule has 3 aromatic rings. The SMILES string of the molecule is COc1cc(C(=O)N(C)c2ccc(C)cc2OCCCCC(=C=O)N2CCN(C)CC2)ccc1NC(=O)c1cccc([N+](=O)[O-])c1N.Cl.Cl. The second-order valence-electron chi connectivity index (χ2n) is 11.3. The summed E-state index contributed by atoms with van der Waals surface area (Å²) in [6.45, 7) is 5.83. The van der Waals surface area contributed by atoms with Crippen LogP contribution in [-0.2, 0) is 4.79 Å². The number of piperazine rings is 1. The first-order valence-electron chi connectivity index (χ1n) is 15.2. The van der Waals surface area contributed by atoms with E-state index >= 15 is 0 Å². The maximum Gasteiger partial charge on any atom is 0.292 e. The van der Waals surface area contributed by atoms with E-state index in [1.54, 1.807) is 13.1 Å². The van der Waals surface area contributed by atoms with Crippen molar-refractivity contribution in [2.24, 2.45) is 0 Å². The highest BCUT2D eigenvalue weighted by molar-refractivity contribution is 6.10. The fourth-order valence-electron chi connectivity index (χ4n) is 5.27. The van der Waals surface area contributed by atoms with Crippen LogP contribution in [0.3, 0.4) is 0 Å². The number of nitrogens with one attached hydrogen (secondary N) is 1. The van der Waals surface area contributed by atoms with Gasteiger partial charge in [0.15, 0.2) is 0 Å². The number of rotatable bonds is 13. The standard InChI is InChI=1S/C34H40N6O7.2ClH/c1-23-11-14-28(31(20-23)47-19-6-5-8-25(22-41)39-17-15-37(2)16-18-39)38(3)34(43)24-12-13-27(30(21-24)46-4)36-33(42)26-9-7-10-29(32(26)35)40(44)45;;/h7,9-14,20-21H,5-6,8,15-19,35H2,1-4H3,(H,36,42);2*1H. The number of para-hydroxylation sites is 1. The highest BCUT2D eigenvalue weighted by atomic mass is 35.5. The summed E-state index contributed by atoms with van der Waals surface area (Å²) < 4.78 is 11.6. The van der Waals surface area contributed by atoms with Crippen molar-refractivity contribution in [3.05, 3.63) is 87.1 Å². The summed E-state index contributed by atoms with van der Waals surface area (Å²) >= 11 is 0. The minimum atomic E-state index is -0.667. The van der Waals surface area contributed by atoms with Gasteiger partial charge in [0.05, 0.1) is 41.3 Å². The number of aryl methyl sites for hydroxylation is 1. The van der Waals surface area contributed by atoms with E-state index in [9.17, 15) is 24.5 Å². The topological polar surface area (TPSA) is 161 Å². The fourth-order valence-corrected chi connectivity index (χ4v) is 5.27. The number of ether oxygens (including phenoxy) is 2. The molecule has 0 unspecified atom stereocenters. The number of nitrogens with zero attached hydrogens (tertiary/aromatic N) is 4. The third-order valence-electron chi connectivity index (χ3n) is 8.07. The Bertz CT molecular complexity index is 1690. The Morgan fingerprint density at radius 3 is 2.41 bits per heavy atom. The fraction of sp³-hybridized carbons (Fsp3) is 0.353. The van der Waals surface area contributed by atoms with Crippen LogP contribution in [-0.4, -0.2) is 86.5 Å². The molecule has 0 aromatic heterocycles. The maximum atomic E-state index is 13.6. The van der Waals surface area contributed by atoms with Gasteiger partial charge in [0.1, 0.15) is 23.1 Å². The molecule has 1 aliphatic rings. The Balaban J connectivity index is 0.00000417. The average Bonchev–Trinajstić information content (AvgIpc) is 3.06. The van der Waals surface area contributed by atoms with E-state index in [0.717, 1.165) is 44.6 Å². The number of carbonyl (C=O) groups is 2. The zero-order chi connectivity index (χ0) is 34.1. The molecule has 4 rings (SSSR count). The van der Waals surface area contributed by atoms with Gasteiger partial charge in [0.2, 0.25) is 0 Å². The largest absolute Gasteiger partial charge is 0.495 e. The molecule has 15 heteroatoms. The smallest absolute Gasteiger partial charge is 0.292 e. The van der Waals surface area contributed by atoms with Crippen molar-refractivity contribution < 1.29 is 28.8 Å². The molecule has 3 aromatic carbocycles. The first kappa shape index (κ1) is 40.4. The number of nitro groups is 1. The summed E-state index contributed by atoms with van der Waals surface area (Å²) in [6.07, 6.45) is 2.12. The number of anilines is 3. The van der Waals surface area contributed by atoms with Crippen LogP contribution in [0.15, 0.2) is 60.3 Å². The van der Waals surface area contributed by atoms with Crippen molar-refractivity contribution in [1.29, 1.82) is 0 Å². The van der Waals surface area contributed by atoms with Crippen LogP contribution in [0.5, 0.6) is 11.5 Å². The third-order valence-corrected chi connectivity index (χ3v) is 8.07. The highest BCUT2D eigenvalue weighted by Crippen LogP contribution is 2.33. The summed E-state index contributed by atoms with van der Waals surface area (Å²) in [7, 11) is 5.11. The second-order valence-corrected chi connectivity index (χ2v) is 11.3. The van der Waals surface area contributed by atoms with Gasteiger partial charge in [-0.1, -0.05) is 12.1 Å². The van der Waals surface area contributed by atoms with Gasteiger partial charge in [-0.3, -0.25) is 19.7 Å². The average molecular weight is 718 g/mol. The summed E-state index contributed by atoms with van der Waals surface area (Å²) in [5.41, 5.74) is 7.96. The Hall–Kier alpha value is -4.81. The van der Waals surface area contributed by atoms with E-state index in [0.29, 0.717) is 35.7 Å². The number of methoxy groups -OCH3 is 1. The van der Waals surface area contributed by atoms with E-state index in [-0.39, 0.29) is 59.1 Å². The lowest BCUT2D eigenvalue weighted by atomic mass is 10.1. The summed E-state index contributed by atoms with van der Waals surface area (Å²) in [5, 5.41) is 13.9. The van der Waals surface area contributed by atoms with Crippen molar-refractivity contribution in [3.63, 3.8) is 0 Å². The Labute approximate surface area is 298 Å². The summed E-state index contributed by atoms with van der Waals surface area (Å²) in [4.78, 5) is 54.5.